The van der Waals surface area contributed by atoms with E-state index < -0.39 is 33.7 Å². The SMILES string of the molecule is C[C@](O)(c1ccc(N2CCN(S(=O)(=O)C3=CC=CCC3=S)C[C@@H]2Cc2ccccc2F)cc1)C(F)(F)F. The number of thiocarbonyl (C=S) groups is 1. The van der Waals surface area contributed by atoms with Crippen LogP contribution in [0.25, 0.3) is 0 Å². The summed E-state index contributed by atoms with van der Waals surface area (Å²) in [5.41, 5.74) is -2.41. The Hall–Kier alpha value is -2.60. The third-order valence-corrected chi connectivity index (χ3v) is 9.22. The fourth-order valence-corrected chi connectivity index (χ4v) is 6.58. The van der Waals surface area contributed by atoms with E-state index in [0.29, 0.717) is 29.5 Å². The van der Waals surface area contributed by atoms with Crippen LogP contribution in [-0.2, 0) is 22.0 Å². The van der Waals surface area contributed by atoms with Crippen LogP contribution in [0, 0.1) is 5.82 Å². The first-order valence-corrected chi connectivity index (χ1v) is 13.5. The van der Waals surface area contributed by atoms with E-state index in [-0.39, 0.29) is 36.5 Å². The standard InChI is InChI=1S/C26H26F4N2O3S2/c1-25(33,26(28,29)30)19-10-12-20(13-11-19)32-15-14-31(37(34,35)24-9-5-4-8-23(24)36)17-21(32)16-18-6-2-3-7-22(18)27/h2-7,9-13,21,33H,8,14-17H2,1H3/t21-,25-/m0/s1. The number of hydrogen-bond donors (Lipinski definition) is 1. The van der Waals surface area contributed by atoms with Gasteiger partial charge in [0.1, 0.15) is 5.82 Å². The Labute approximate surface area is 218 Å². The summed E-state index contributed by atoms with van der Waals surface area (Å²) in [5, 5.41) is 10.00. The van der Waals surface area contributed by atoms with Gasteiger partial charge in [-0.15, -0.1) is 0 Å². The lowest BCUT2D eigenvalue weighted by Gasteiger charge is -2.43. The molecule has 1 heterocycles. The summed E-state index contributed by atoms with van der Waals surface area (Å²) >= 11 is 5.28. The Morgan fingerprint density at radius 1 is 1.08 bits per heavy atom. The summed E-state index contributed by atoms with van der Waals surface area (Å²) in [6.07, 6.45) is 0.570. The first kappa shape index (κ1) is 27.4. The van der Waals surface area contributed by atoms with Crippen molar-refractivity contribution in [2.24, 2.45) is 0 Å². The smallest absolute Gasteiger partial charge is 0.376 e. The zero-order valence-electron chi connectivity index (χ0n) is 20.0. The molecule has 2 atom stereocenters. The molecule has 2 aromatic carbocycles. The van der Waals surface area contributed by atoms with Crippen molar-refractivity contribution in [3.8, 4) is 0 Å². The van der Waals surface area contributed by atoms with Crippen LogP contribution in [0.5, 0.6) is 0 Å². The van der Waals surface area contributed by atoms with Gasteiger partial charge in [-0.1, -0.05) is 54.7 Å². The maximum absolute atomic E-state index is 14.5. The van der Waals surface area contributed by atoms with Crippen LogP contribution < -0.4 is 4.90 Å². The van der Waals surface area contributed by atoms with Crippen molar-refractivity contribution in [2.45, 2.75) is 37.6 Å². The van der Waals surface area contributed by atoms with Gasteiger partial charge in [0.05, 0.1) is 4.91 Å². The summed E-state index contributed by atoms with van der Waals surface area (Å²) in [5.74, 6) is -0.430. The number of halogens is 4. The quantitative estimate of drug-likeness (QED) is 0.408. The molecule has 0 spiro atoms. The average molecular weight is 555 g/mol. The molecule has 1 aliphatic carbocycles. The minimum absolute atomic E-state index is 0.0301. The summed E-state index contributed by atoms with van der Waals surface area (Å²) < 4.78 is 82.5. The van der Waals surface area contributed by atoms with Gasteiger partial charge in [-0.2, -0.15) is 17.5 Å². The third kappa shape index (κ3) is 5.50. The van der Waals surface area contributed by atoms with E-state index in [1.54, 1.807) is 30.4 Å². The second kappa shape index (κ2) is 10.3. The first-order chi connectivity index (χ1) is 17.3. The molecule has 11 heteroatoms. The largest absolute Gasteiger partial charge is 0.421 e. The fourth-order valence-electron chi connectivity index (χ4n) is 4.51. The van der Waals surface area contributed by atoms with Gasteiger partial charge in [0, 0.05) is 42.6 Å². The van der Waals surface area contributed by atoms with Crippen LogP contribution in [0.2, 0.25) is 0 Å². The van der Waals surface area contributed by atoms with E-state index in [9.17, 15) is 31.1 Å². The van der Waals surface area contributed by atoms with Crippen molar-refractivity contribution >= 4 is 32.8 Å². The monoisotopic (exact) mass is 554 g/mol. The number of hydrogen-bond acceptors (Lipinski definition) is 5. The molecule has 4 rings (SSSR count). The molecule has 198 valence electrons. The number of alkyl halides is 3. The lowest BCUT2D eigenvalue weighted by molar-refractivity contribution is -0.258. The molecule has 1 saturated heterocycles. The van der Waals surface area contributed by atoms with E-state index in [1.165, 1.54) is 40.7 Å². The normalized spacial score (nSPS) is 21.0. The lowest BCUT2D eigenvalue weighted by atomic mass is 9.94. The maximum Gasteiger partial charge on any atom is 0.421 e. The molecule has 0 saturated carbocycles. The van der Waals surface area contributed by atoms with Crippen LogP contribution in [-0.4, -0.2) is 54.5 Å². The second-order valence-corrected chi connectivity index (χ2v) is 11.6. The molecule has 0 radical (unpaired) electrons. The Bertz CT molecular complexity index is 1340. The topological polar surface area (TPSA) is 60.9 Å². The number of rotatable bonds is 6. The van der Waals surface area contributed by atoms with Crippen LogP contribution in [0.1, 0.15) is 24.5 Å². The zero-order valence-corrected chi connectivity index (χ0v) is 21.6. The molecule has 1 fully saturated rings. The van der Waals surface area contributed by atoms with Gasteiger partial charge in [0.2, 0.25) is 10.0 Å². The minimum atomic E-state index is -4.86. The molecular formula is C26H26F4N2O3S2. The number of anilines is 1. The average Bonchev–Trinajstić information content (AvgIpc) is 2.85. The Kier molecular flexibility index (Phi) is 7.62. The van der Waals surface area contributed by atoms with E-state index in [2.05, 4.69) is 0 Å². The van der Waals surface area contributed by atoms with E-state index in [1.807, 2.05) is 4.90 Å². The molecule has 0 bridgehead atoms. The Morgan fingerprint density at radius 3 is 2.38 bits per heavy atom. The van der Waals surface area contributed by atoms with Gasteiger partial charge >= 0.3 is 6.18 Å². The van der Waals surface area contributed by atoms with Gasteiger partial charge in [-0.05, 0) is 48.7 Å². The number of allylic oxidation sites excluding steroid dienone is 4. The third-order valence-electron chi connectivity index (χ3n) is 6.75. The maximum atomic E-state index is 14.5. The predicted octanol–water partition coefficient (Wildman–Crippen LogP) is 4.87. The van der Waals surface area contributed by atoms with Gasteiger partial charge in [0.15, 0.2) is 5.60 Å². The summed E-state index contributed by atoms with van der Waals surface area (Å²) in [7, 11) is -3.89. The molecular weight excluding hydrogens is 528 g/mol. The number of aliphatic hydroxyl groups is 1. The zero-order chi connectivity index (χ0) is 27.0. The van der Waals surface area contributed by atoms with Crippen LogP contribution in [0.3, 0.4) is 0 Å². The van der Waals surface area contributed by atoms with Crippen molar-refractivity contribution in [3.63, 3.8) is 0 Å². The number of piperazine rings is 1. The van der Waals surface area contributed by atoms with Gasteiger partial charge in [-0.25, -0.2) is 12.8 Å². The van der Waals surface area contributed by atoms with Crippen LogP contribution >= 0.6 is 12.2 Å². The van der Waals surface area contributed by atoms with Crippen molar-refractivity contribution in [3.05, 3.63) is 88.6 Å². The highest BCUT2D eigenvalue weighted by molar-refractivity contribution is 7.96. The summed E-state index contributed by atoms with van der Waals surface area (Å²) in [6, 6.07) is 11.0. The molecule has 37 heavy (non-hydrogen) atoms. The molecule has 0 aromatic heterocycles. The number of nitrogens with zero attached hydrogens (tertiary/aromatic N) is 2. The van der Waals surface area contributed by atoms with Gasteiger partial charge < -0.3 is 10.0 Å². The first-order valence-electron chi connectivity index (χ1n) is 11.6. The highest BCUT2D eigenvalue weighted by Gasteiger charge is 2.51. The van der Waals surface area contributed by atoms with Crippen molar-refractivity contribution in [1.82, 2.24) is 4.31 Å². The molecule has 5 nitrogen and oxygen atoms in total. The van der Waals surface area contributed by atoms with Crippen molar-refractivity contribution in [2.75, 3.05) is 24.5 Å². The van der Waals surface area contributed by atoms with E-state index >= 15 is 0 Å². The molecule has 1 N–H and O–H groups in total. The van der Waals surface area contributed by atoms with Crippen molar-refractivity contribution < 1.29 is 31.1 Å². The molecule has 1 aliphatic heterocycles. The predicted molar refractivity (Wildman–Crippen MR) is 138 cm³/mol. The Morgan fingerprint density at radius 2 is 1.76 bits per heavy atom. The minimum Gasteiger partial charge on any atom is -0.376 e. The number of benzene rings is 2. The van der Waals surface area contributed by atoms with Gasteiger partial charge in [-0.3, -0.25) is 0 Å². The summed E-state index contributed by atoms with van der Waals surface area (Å²) in [4.78, 5) is 2.25. The van der Waals surface area contributed by atoms with E-state index in [4.69, 9.17) is 12.2 Å². The van der Waals surface area contributed by atoms with Crippen LogP contribution in [0.15, 0.2) is 71.7 Å². The molecule has 0 amide bonds. The fraction of sp³-hybridized carbons (Fsp3) is 0.346. The van der Waals surface area contributed by atoms with Gasteiger partial charge in [0.25, 0.3) is 0 Å². The molecule has 0 unspecified atom stereocenters. The second-order valence-electron chi connectivity index (χ2n) is 9.21. The molecule has 2 aliphatic rings. The molecule has 2 aromatic rings. The van der Waals surface area contributed by atoms with E-state index in [0.717, 1.165) is 0 Å². The highest BCUT2D eigenvalue weighted by atomic mass is 32.2. The highest BCUT2D eigenvalue weighted by Crippen LogP contribution is 2.39. The van der Waals surface area contributed by atoms with Crippen molar-refractivity contribution in [1.29, 1.82) is 0 Å². The summed E-state index contributed by atoms with van der Waals surface area (Å²) in [6.45, 7) is 1.06. The Balaban J connectivity index is 1.65. The lowest BCUT2D eigenvalue weighted by Crippen LogP contribution is -2.56. The number of sulfonamides is 1. The van der Waals surface area contributed by atoms with Crippen LogP contribution in [0.4, 0.5) is 23.2 Å².